The largest absolute Gasteiger partial charge is 0.497 e. The van der Waals surface area contributed by atoms with Crippen molar-refractivity contribution in [2.75, 3.05) is 27.7 Å². The van der Waals surface area contributed by atoms with Gasteiger partial charge >= 0.3 is 0 Å². The zero-order valence-electron chi connectivity index (χ0n) is 18.3. The number of ether oxygens (including phenoxy) is 1. The van der Waals surface area contributed by atoms with E-state index in [1.807, 2.05) is 80.8 Å². The van der Waals surface area contributed by atoms with Crippen LogP contribution in [-0.4, -0.2) is 37.8 Å². The van der Waals surface area contributed by atoms with Gasteiger partial charge in [-0.3, -0.25) is 0 Å². The van der Waals surface area contributed by atoms with Crippen molar-refractivity contribution < 1.29 is 9.84 Å². The average Bonchev–Trinajstić information content (AvgIpc) is 2.75. The first kappa shape index (κ1) is 25.2. The molecule has 3 aromatic carbocycles. The Labute approximate surface area is 197 Å². The van der Waals surface area contributed by atoms with E-state index in [1.165, 1.54) is 5.56 Å². The number of methoxy groups -OCH3 is 1. The summed E-state index contributed by atoms with van der Waals surface area (Å²) in [7, 11) is 5.75. The third-order valence-electron chi connectivity index (χ3n) is 5.54. The first-order valence-electron chi connectivity index (χ1n) is 10.2. The van der Waals surface area contributed by atoms with Crippen molar-refractivity contribution in [1.29, 1.82) is 0 Å². The van der Waals surface area contributed by atoms with Gasteiger partial charge in [-0.2, -0.15) is 0 Å². The summed E-state index contributed by atoms with van der Waals surface area (Å²) in [6.07, 6.45) is 1.25. The molecular weight excluding hydrogens is 429 g/mol. The predicted molar refractivity (Wildman–Crippen MR) is 131 cm³/mol. The first-order chi connectivity index (χ1) is 14.4. The lowest BCUT2D eigenvalue weighted by Gasteiger charge is -2.39. The summed E-state index contributed by atoms with van der Waals surface area (Å²) in [4.78, 5) is 2.14. The SMILES string of the molecule is COc1cccc(C(O)(Cc2ccc(Cl)cc2)C(Cc2ccccc2)CN(C)C)c1.Cl. The van der Waals surface area contributed by atoms with Crippen molar-refractivity contribution >= 4 is 24.0 Å². The number of hydrogen-bond donors (Lipinski definition) is 1. The fourth-order valence-corrected chi connectivity index (χ4v) is 4.14. The molecule has 0 fully saturated rings. The molecule has 0 radical (unpaired) electrons. The number of aliphatic hydroxyl groups is 1. The molecule has 2 unspecified atom stereocenters. The quantitative estimate of drug-likeness (QED) is 0.450. The third-order valence-corrected chi connectivity index (χ3v) is 5.79. The lowest BCUT2D eigenvalue weighted by atomic mass is 9.74. The second-order valence-corrected chi connectivity index (χ2v) is 8.54. The molecule has 0 saturated carbocycles. The van der Waals surface area contributed by atoms with Gasteiger partial charge < -0.3 is 14.7 Å². The van der Waals surface area contributed by atoms with E-state index in [2.05, 4.69) is 17.0 Å². The Balaban J connectivity index is 0.00000341. The van der Waals surface area contributed by atoms with E-state index < -0.39 is 5.60 Å². The molecule has 0 aliphatic rings. The second-order valence-electron chi connectivity index (χ2n) is 8.11. The Morgan fingerprint density at radius 1 is 0.935 bits per heavy atom. The predicted octanol–water partition coefficient (Wildman–Crippen LogP) is 5.62. The molecule has 0 saturated heterocycles. The van der Waals surface area contributed by atoms with Gasteiger partial charge in [0, 0.05) is 23.9 Å². The Bertz CT molecular complexity index is 932. The third kappa shape index (κ3) is 6.72. The summed E-state index contributed by atoms with van der Waals surface area (Å²) in [6, 6.07) is 25.9. The fourth-order valence-electron chi connectivity index (χ4n) is 4.01. The average molecular weight is 460 g/mol. The smallest absolute Gasteiger partial charge is 0.119 e. The van der Waals surface area contributed by atoms with Crippen molar-refractivity contribution in [1.82, 2.24) is 4.90 Å². The van der Waals surface area contributed by atoms with E-state index in [1.54, 1.807) is 7.11 Å². The van der Waals surface area contributed by atoms with Crippen LogP contribution in [0.1, 0.15) is 16.7 Å². The van der Waals surface area contributed by atoms with Crippen LogP contribution in [0.3, 0.4) is 0 Å². The van der Waals surface area contributed by atoms with Gasteiger partial charge in [0.25, 0.3) is 0 Å². The Morgan fingerprint density at radius 2 is 1.61 bits per heavy atom. The maximum atomic E-state index is 12.3. The fraction of sp³-hybridized carbons (Fsp3) is 0.308. The van der Waals surface area contributed by atoms with Crippen LogP contribution >= 0.6 is 24.0 Å². The van der Waals surface area contributed by atoms with E-state index in [0.717, 1.165) is 29.8 Å². The van der Waals surface area contributed by atoms with Crippen LogP contribution in [0.15, 0.2) is 78.9 Å². The zero-order valence-corrected chi connectivity index (χ0v) is 19.9. The number of hydrogen-bond acceptors (Lipinski definition) is 3. The number of halogens is 2. The van der Waals surface area contributed by atoms with Gasteiger partial charge in [-0.1, -0.05) is 66.2 Å². The van der Waals surface area contributed by atoms with Crippen LogP contribution in [0, 0.1) is 5.92 Å². The molecule has 3 rings (SSSR count). The van der Waals surface area contributed by atoms with E-state index in [4.69, 9.17) is 16.3 Å². The Hall–Kier alpha value is -2.04. The minimum atomic E-state index is -1.08. The van der Waals surface area contributed by atoms with Crippen LogP contribution in [-0.2, 0) is 18.4 Å². The standard InChI is InChI=1S/C26H30ClNO2.ClH/c1-28(2)19-23(16-20-8-5-4-6-9-20)26(29,18-21-12-14-24(27)15-13-21)22-10-7-11-25(17-22)30-3;/h4-15,17,23,29H,16,18-19H2,1-3H3;1H. The van der Waals surface area contributed by atoms with Crippen LogP contribution in [0.5, 0.6) is 5.75 Å². The van der Waals surface area contributed by atoms with Gasteiger partial charge in [0.2, 0.25) is 0 Å². The summed E-state index contributed by atoms with van der Waals surface area (Å²) in [6.45, 7) is 0.746. The van der Waals surface area contributed by atoms with Gasteiger partial charge in [0.15, 0.2) is 0 Å². The van der Waals surface area contributed by atoms with Gasteiger partial charge in [0.05, 0.1) is 12.7 Å². The zero-order chi connectivity index (χ0) is 21.6. The molecule has 1 N–H and O–H groups in total. The van der Waals surface area contributed by atoms with E-state index in [0.29, 0.717) is 11.4 Å². The normalized spacial score (nSPS) is 13.9. The van der Waals surface area contributed by atoms with Crippen LogP contribution in [0.25, 0.3) is 0 Å². The lowest BCUT2D eigenvalue weighted by molar-refractivity contribution is -0.0331. The minimum absolute atomic E-state index is 0. The van der Waals surface area contributed by atoms with E-state index in [-0.39, 0.29) is 18.3 Å². The van der Waals surface area contributed by atoms with E-state index >= 15 is 0 Å². The summed E-state index contributed by atoms with van der Waals surface area (Å²) < 4.78 is 5.46. The van der Waals surface area contributed by atoms with Crippen molar-refractivity contribution in [2.24, 2.45) is 5.92 Å². The van der Waals surface area contributed by atoms with Crippen LogP contribution in [0.2, 0.25) is 5.02 Å². The molecule has 0 aromatic heterocycles. The topological polar surface area (TPSA) is 32.7 Å². The Kier molecular flexibility index (Phi) is 9.39. The maximum Gasteiger partial charge on any atom is 0.119 e. The number of benzene rings is 3. The molecule has 3 aromatic rings. The summed E-state index contributed by atoms with van der Waals surface area (Å²) in [5.41, 5.74) is 2.03. The Morgan fingerprint density at radius 3 is 2.23 bits per heavy atom. The minimum Gasteiger partial charge on any atom is -0.497 e. The van der Waals surface area contributed by atoms with Crippen molar-refractivity contribution in [2.45, 2.75) is 18.4 Å². The van der Waals surface area contributed by atoms with Crippen LogP contribution < -0.4 is 4.74 Å². The molecule has 3 nitrogen and oxygen atoms in total. The second kappa shape index (κ2) is 11.5. The summed E-state index contributed by atoms with van der Waals surface area (Å²) >= 11 is 6.09. The maximum absolute atomic E-state index is 12.3. The first-order valence-corrected chi connectivity index (χ1v) is 10.6. The molecule has 166 valence electrons. The summed E-state index contributed by atoms with van der Waals surface area (Å²) in [5.74, 6) is 0.711. The van der Waals surface area contributed by atoms with Gasteiger partial charge in [-0.05, 0) is 61.5 Å². The highest BCUT2D eigenvalue weighted by Gasteiger charge is 2.39. The highest BCUT2D eigenvalue weighted by atomic mass is 35.5. The van der Waals surface area contributed by atoms with Crippen LogP contribution in [0.4, 0.5) is 0 Å². The summed E-state index contributed by atoms with van der Waals surface area (Å²) in [5, 5.41) is 13.0. The lowest BCUT2D eigenvalue weighted by Crippen LogP contribution is -2.43. The van der Waals surface area contributed by atoms with Crippen molar-refractivity contribution in [3.63, 3.8) is 0 Å². The molecule has 0 spiro atoms. The van der Waals surface area contributed by atoms with E-state index in [9.17, 15) is 5.11 Å². The monoisotopic (exact) mass is 459 g/mol. The highest BCUT2D eigenvalue weighted by molar-refractivity contribution is 6.30. The van der Waals surface area contributed by atoms with Gasteiger partial charge in [-0.25, -0.2) is 0 Å². The highest BCUT2D eigenvalue weighted by Crippen LogP contribution is 2.37. The van der Waals surface area contributed by atoms with Gasteiger partial charge in [-0.15, -0.1) is 12.4 Å². The number of nitrogens with zero attached hydrogens (tertiary/aromatic N) is 1. The molecule has 2 atom stereocenters. The molecule has 31 heavy (non-hydrogen) atoms. The molecule has 5 heteroatoms. The molecule has 0 heterocycles. The van der Waals surface area contributed by atoms with Crippen molar-refractivity contribution in [3.05, 3.63) is 101 Å². The number of rotatable bonds is 9. The molecule has 0 aliphatic heterocycles. The molecule has 0 aliphatic carbocycles. The molecular formula is C26H31Cl2NO2. The molecule has 0 amide bonds. The molecule has 0 bridgehead atoms. The van der Waals surface area contributed by atoms with Crippen molar-refractivity contribution in [3.8, 4) is 5.75 Å². The van der Waals surface area contributed by atoms with Gasteiger partial charge in [0.1, 0.15) is 5.75 Å².